The summed E-state index contributed by atoms with van der Waals surface area (Å²) < 4.78 is 37.8. The second-order valence-corrected chi connectivity index (χ2v) is 8.33. The third-order valence-corrected chi connectivity index (χ3v) is 5.53. The molecule has 3 rings (SSSR count). The van der Waals surface area contributed by atoms with E-state index in [4.69, 9.17) is 0 Å². The lowest BCUT2D eigenvalue weighted by atomic mass is 10.1. The van der Waals surface area contributed by atoms with E-state index in [0.29, 0.717) is 17.7 Å². The maximum atomic E-state index is 12.7. The van der Waals surface area contributed by atoms with Gasteiger partial charge in [0.25, 0.3) is 5.91 Å². The molecule has 0 fully saturated rings. The maximum Gasteiger partial charge on any atom is 0.417 e. The molecule has 0 aliphatic carbocycles. The number of pyridine rings is 2. The molecule has 2 aromatic heterocycles. The fourth-order valence-electron chi connectivity index (χ4n) is 3.09. The lowest BCUT2D eigenvalue weighted by molar-refractivity contribution is -0.137. The Balaban J connectivity index is 1.53. The number of fused-ring (bicyclic) bond motifs is 1. The Morgan fingerprint density at radius 1 is 1.06 bits per heavy atom. The Kier molecular flexibility index (Phi) is 8.69. The number of hydrogen-bond donors (Lipinski definition) is 3. The molecule has 0 bridgehead atoms. The molecular formula is C23H24F3N5O2S. The van der Waals surface area contributed by atoms with Crippen LogP contribution in [0, 0.1) is 0 Å². The summed E-state index contributed by atoms with van der Waals surface area (Å²) in [5.41, 5.74) is 0.0681. The number of rotatable bonds is 10. The van der Waals surface area contributed by atoms with Crippen molar-refractivity contribution in [3.05, 3.63) is 66.0 Å². The zero-order chi connectivity index (χ0) is 24.6. The fraction of sp³-hybridized carbons (Fsp3) is 0.304. The standard InChI is InChI=1S/C23H24F3N5O2S/c1-34-13-10-19(31-22(33)18-8-6-15-4-2-3-5-17(15)30-18)21(32)28-12-11-27-20-9-7-16(14-29-20)23(24,25)26/h2-9,14,19H,10-13H2,1H3,(H,27,29)(H,28,32)(H,31,33)/t19-/m0/s1. The summed E-state index contributed by atoms with van der Waals surface area (Å²) in [5.74, 6) is 0.123. The number of amides is 2. The quantitative estimate of drug-likeness (QED) is 0.374. The number of anilines is 1. The van der Waals surface area contributed by atoms with E-state index in [1.165, 1.54) is 6.07 Å². The minimum absolute atomic E-state index is 0.196. The normalized spacial score (nSPS) is 12.2. The van der Waals surface area contributed by atoms with Crippen molar-refractivity contribution in [3.8, 4) is 0 Å². The molecule has 2 amide bonds. The molecule has 7 nitrogen and oxygen atoms in total. The van der Waals surface area contributed by atoms with Crippen LogP contribution in [0.1, 0.15) is 22.5 Å². The van der Waals surface area contributed by atoms with Gasteiger partial charge < -0.3 is 16.0 Å². The third kappa shape index (κ3) is 7.08. The fourth-order valence-corrected chi connectivity index (χ4v) is 3.57. The zero-order valence-electron chi connectivity index (χ0n) is 18.4. The van der Waals surface area contributed by atoms with Crippen LogP contribution in [0.5, 0.6) is 0 Å². The predicted molar refractivity (Wildman–Crippen MR) is 127 cm³/mol. The van der Waals surface area contributed by atoms with E-state index in [1.807, 2.05) is 30.5 Å². The molecule has 0 spiro atoms. The molecule has 0 aliphatic heterocycles. The lowest BCUT2D eigenvalue weighted by Crippen LogP contribution is -2.48. The number of nitrogens with one attached hydrogen (secondary N) is 3. The van der Waals surface area contributed by atoms with Gasteiger partial charge in [-0.25, -0.2) is 9.97 Å². The monoisotopic (exact) mass is 491 g/mol. The largest absolute Gasteiger partial charge is 0.417 e. The van der Waals surface area contributed by atoms with Crippen LogP contribution in [0.25, 0.3) is 10.9 Å². The molecule has 180 valence electrons. The van der Waals surface area contributed by atoms with Gasteiger partial charge in [0.05, 0.1) is 11.1 Å². The summed E-state index contributed by atoms with van der Waals surface area (Å²) in [6.45, 7) is 0.445. The van der Waals surface area contributed by atoms with Gasteiger partial charge in [-0.3, -0.25) is 9.59 Å². The average Bonchev–Trinajstić information content (AvgIpc) is 2.83. The van der Waals surface area contributed by atoms with Gasteiger partial charge in [-0.05, 0) is 42.7 Å². The number of nitrogens with zero attached hydrogens (tertiary/aromatic N) is 2. The summed E-state index contributed by atoms with van der Waals surface area (Å²) in [5, 5.41) is 9.23. The van der Waals surface area contributed by atoms with Crippen LogP contribution < -0.4 is 16.0 Å². The number of carbonyl (C=O) groups is 2. The number of para-hydroxylation sites is 1. The number of hydrogen-bond acceptors (Lipinski definition) is 6. The van der Waals surface area contributed by atoms with Crippen LogP contribution in [0.15, 0.2) is 54.7 Å². The summed E-state index contributed by atoms with van der Waals surface area (Å²) in [6.07, 6.45) is -1.36. The van der Waals surface area contributed by atoms with Gasteiger partial charge in [-0.1, -0.05) is 24.3 Å². The first kappa shape index (κ1) is 25.3. The molecule has 3 N–H and O–H groups in total. The minimum atomic E-state index is -4.45. The van der Waals surface area contributed by atoms with Gasteiger partial charge in [-0.15, -0.1) is 0 Å². The van der Waals surface area contributed by atoms with Crippen molar-refractivity contribution >= 4 is 40.3 Å². The van der Waals surface area contributed by atoms with Crippen molar-refractivity contribution in [2.75, 3.05) is 30.4 Å². The number of aromatic nitrogens is 2. The smallest absolute Gasteiger partial charge is 0.368 e. The van der Waals surface area contributed by atoms with Gasteiger partial charge in [-0.2, -0.15) is 24.9 Å². The Hall–Kier alpha value is -3.34. The maximum absolute atomic E-state index is 12.7. The first-order valence-electron chi connectivity index (χ1n) is 10.5. The van der Waals surface area contributed by atoms with Crippen LogP contribution >= 0.6 is 11.8 Å². The van der Waals surface area contributed by atoms with Crippen LogP contribution in [-0.2, 0) is 11.0 Å². The summed E-state index contributed by atoms with van der Waals surface area (Å²) in [6, 6.07) is 12.2. The van der Waals surface area contributed by atoms with Gasteiger partial charge in [0.15, 0.2) is 0 Å². The van der Waals surface area contributed by atoms with E-state index in [0.717, 1.165) is 17.6 Å². The number of thioether (sulfide) groups is 1. The number of carbonyl (C=O) groups excluding carboxylic acids is 2. The highest BCUT2D eigenvalue weighted by Crippen LogP contribution is 2.28. The molecule has 11 heteroatoms. The van der Waals surface area contributed by atoms with Gasteiger partial charge in [0.1, 0.15) is 17.6 Å². The summed E-state index contributed by atoms with van der Waals surface area (Å²) >= 11 is 1.55. The highest BCUT2D eigenvalue weighted by molar-refractivity contribution is 7.98. The van der Waals surface area contributed by atoms with E-state index in [9.17, 15) is 22.8 Å². The lowest BCUT2D eigenvalue weighted by Gasteiger charge is -2.18. The highest BCUT2D eigenvalue weighted by atomic mass is 32.2. The molecule has 1 atom stereocenters. The Morgan fingerprint density at radius 3 is 2.56 bits per heavy atom. The van der Waals surface area contributed by atoms with Crippen LogP contribution in [0.4, 0.5) is 19.0 Å². The molecule has 0 saturated heterocycles. The van der Waals surface area contributed by atoms with Crippen molar-refractivity contribution in [2.45, 2.75) is 18.6 Å². The van der Waals surface area contributed by atoms with Gasteiger partial charge >= 0.3 is 6.18 Å². The van der Waals surface area contributed by atoms with Crippen LogP contribution in [0.2, 0.25) is 0 Å². The minimum Gasteiger partial charge on any atom is -0.368 e. The molecule has 1 aromatic carbocycles. The highest BCUT2D eigenvalue weighted by Gasteiger charge is 2.30. The number of benzene rings is 1. The molecule has 0 saturated carbocycles. The van der Waals surface area contributed by atoms with Gasteiger partial charge in [0.2, 0.25) is 5.91 Å². The van der Waals surface area contributed by atoms with Gasteiger partial charge in [0, 0.05) is 24.7 Å². The third-order valence-electron chi connectivity index (χ3n) is 4.88. The second-order valence-electron chi connectivity index (χ2n) is 7.34. The molecule has 2 heterocycles. The molecular weight excluding hydrogens is 467 g/mol. The molecule has 0 radical (unpaired) electrons. The Bertz CT molecular complexity index is 1130. The summed E-state index contributed by atoms with van der Waals surface area (Å²) in [7, 11) is 0. The average molecular weight is 492 g/mol. The first-order chi connectivity index (χ1) is 16.3. The van der Waals surface area contributed by atoms with E-state index in [1.54, 1.807) is 23.9 Å². The number of halogens is 3. The van der Waals surface area contributed by atoms with Crippen molar-refractivity contribution in [1.82, 2.24) is 20.6 Å². The molecule has 0 aliphatic rings. The van der Waals surface area contributed by atoms with Crippen LogP contribution in [-0.4, -0.2) is 52.9 Å². The van der Waals surface area contributed by atoms with Crippen LogP contribution in [0.3, 0.4) is 0 Å². The molecule has 3 aromatic rings. The van der Waals surface area contributed by atoms with E-state index >= 15 is 0 Å². The van der Waals surface area contributed by atoms with Crippen molar-refractivity contribution in [3.63, 3.8) is 0 Å². The predicted octanol–water partition coefficient (Wildman–Crippen LogP) is 3.73. The SMILES string of the molecule is CSCC[C@H](NC(=O)c1ccc2ccccc2n1)C(=O)NCCNc1ccc(C(F)(F)F)cn1. The Morgan fingerprint density at radius 2 is 1.85 bits per heavy atom. The van der Waals surface area contributed by atoms with Crippen molar-refractivity contribution in [1.29, 1.82) is 0 Å². The topological polar surface area (TPSA) is 96.0 Å². The van der Waals surface area contributed by atoms with E-state index in [2.05, 4.69) is 25.9 Å². The summed E-state index contributed by atoms with van der Waals surface area (Å²) in [4.78, 5) is 33.5. The molecule has 0 unspecified atom stereocenters. The van der Waals surface area contributed by atoms with E-state index in [-0.39, 0.29) is 30.5 Å². The van der Waals surface area contributed by atoms with Crippen molar-refractivity contribution in [2.24, 2.45) is 0 Å². The Labute approximate surface area is 198 Å². The van der Waals surface area contributed by atoms with Crippen molar-refractivity contribution < 1.29 is 22.8 Å². The first-order valence-corrected chi connectivity index (χ1v) is 11.9. The zero-order valence-corrected chi connectivity index (χ0v) is 19.2. The molecule has 34 heavy (non-hydrogen) atoms. The van der Waals surface area contributed by atoms with E-state index < -0.39 is 23.7 Å². The second kappa shape index (κ2) is 11.7. The number of alkyl halides is 3.